The highest BCUT2D eigenvalue weighted by molar-refractivity contribution is 7.91. The molecule has 0 amide bonds. The lowest BCUT2D eigenvalue weighted by atomic mass is 9.96. The first-order chi connectivity index (χ1) is 48.6. The second kappa shape index (κ2) is 50.8. The molecule has 0 fully saturated rings. The Kier molecular flexibility index (Phi) is 50.3. The van der Waals surface area contributed by atoms with Crippen molar-refractivity contribution in [3.8, 4) is 0 Å². The van der Waals surface area contributed by atoms with Gasteiger partial charge in [-0.05, 0) is 51.9 Å². The van der Waals surface area contributed by atoms with Crippen molar-refractivity contribution >= 4 is 78.0 Å². The van der Waals surface area contributed by atoms with Gasteiger partial charge in [0.05, 0.1) is 52.3 Å². The number of halogens is 7. The van der Waals surface area contributed by atoms with E-state index in [0.717, 1.165) is 0 Å². The molecule has 0 aliphatic carbocycles. The van der Waals surface area contributed by atoms with Gasteiger partial charge in [-0.2, -0.15) is 8.42 Å². The Hall–Kier alpha value is -1.05. The van der Waals surface area contributed by atoms with Crippen LogP contribution in [0.15, 0.2) is 0 Å². The second-order valence-corrected chi connectivity index (χ2v) is 41.6. The molecule has 626 valence electrons. The topological polar surface area (TPSA) is 337 Å². The number of rotatable bonds is 71. The first kappa shape index (κ1) is 103. The summed E-state index contributed by atoms with van der Waals surface area (Å²) in [6.45, 7) is 4.98. The third-order valence-electron chi connectivity index (χ3n) is 18.1. The monoisotopic (exact) mass is 1680 g/mol. The molecule has 1 N–H and O–H groups in total. The number of phosphoric ester groups is 1. The van der Waals surface area contributed by atoms with Crippen molar-refractivity contribution in [3.63, 3.8) is 0 Å². The fraction of sp³-hybridized carbons (Fsp3) is 1.00. The van der Waals surface area contributed by atoms with Crippen LogP contribution in [0.4, 0.5) is 31.4 Å². The Morgan fingerprint density at radius 1 is 0.327 bits per heavy atom. The standard InChI is InChI=1S/C63H129F7N7O19PS7/c1-9-17-24-31-38-45-54-98(81,82)71(64)61(72(65)99(83,84)55-46-39-32-25-18-10-2,63(95-52-53-96-97(78,79)80,76(69)103(91,92)59-50-43-36-29-22-14-6)77(70,16-8)104(93,94)60-51-44-37-30-23-15-7)62(73(66)100(85,86)56-47-40-33-26-19-11-3,74(67)101(87,88)57-48-41-34-27-20-12-4)75(68)102(89,90)58-49-42-35-28-21-13-5/h9-60H2,1-8H3,(H-,78,79,80). The summed E-state index contributed by atoms with van der Waals surface area (Å²) in [5.74, 6) is -29.0. The van der Waals surface area contributed by atoms with Crippen LogP contribution in [-0.4, -0.2) is 172 Å². The molecule has 0 radical (unpaired) electrons. The maximum Gasteiger partial charge on any atom is 0.402 e. The summed E-state index contributed by atoms with van der Waals surface area (Å²) < 4.78 is 367. The molecule has 0 aliphatic rings. The summed E-state index contributed by atoms with van der Waals surface area (Å²) in [7, 11) is -57.2. The molecule has 0 aliphatic heterocycles. The van der Waals surface area contributed by atoms with Gasteiger partial charge in [0, 0.05) is 31.2 Å². The van der Waals surface area contributed by atoms with Gasteiger partial charge in [-0.25, -0.2) is 50.5 Å². The van der Waals surface area contributed by atoms with Crippen LogP contribution in [0.1, 0.15) is 325 Å². The SMILES string of the molecule is CCCCCCCCS(=O)(=O)N(F)C(N(F)S(=O)(=O)CCCCCCCC)(N(F)S(=O)(=O)CCCCCCCC)C(N(F)S(=O)(=O)CCCCCCCC)(N(F)S(=O)(=O)CCCCCCCC)C(OCCOP(=O)([O-])O)(N(F)S(=O)(=O)CCCCCCCC)[N+](F)(CC)S(=O)(=O)CCCCCCCC. The molecule has 0 saturated heterocycles. The predicted octanol–water partition coefficient (Wildman–Crippen LogP) is 15.2. The second-order valence-electron chi connectivity index (χ2n) is 26.9. The van der Waals surface area contributed by atoms with Crippen molar-refractivity contribution in [2.45, 2.75) is 342 Å². The number of unbranched alkanes of at least 4 members (excludes halogenated alkanes) is 35. The highest BCUT2D eigenvalue weighted by atomic mass is 32.2. The zero-order valence-electron chi connectivity index (χ0n) is 63.1. The van der Waals surface area contributed by atoms with E-state index in [1.54, 1.807) is 48.5 Å². The Bertz CT molecular complexity index is 3060. The number of quaternary nitrogens is 1. The van der Waals surface area contributed by atoms with E-state index < -0.39 is 264 Å². The highest BCUT2D eigenvalue weighted by Gasteiger charge is 2.98. The molecule has 104 heavy (non-hydrogen) atoms. The molecule has 41 heteroatoms. The number of phosphoric acid groups is 1. The lowest BCUT2D eigenvalue weighted by Crippen LogP contribution is -2.97. The van der Waals surface area contributed by atoms with Crippen molar-refractivity contribution in [3.05, 3.63) is 0 Å². The lowest BCUT2D eigenvalue weighted by molar-refractivity contribution is -1.04. The van der Waals surface area contributed by atoms with Gasteiger partial charge in [0.2, 0.25) is 60.1 Å². The number of nitrogens with zero attached hydrogens (tertiary/aromatic N) is 7. The van der Waals surface area contributed by atoms with Gasteiger partial charge in [0.25, 0.3) is 7.82 Å². The molecule has 3 unspecified atom stereocenters. The number of hydrogen-bond donors (Lipinski definition) is 1. The Morgan fingerprint density at radius 3 is 0.750 bits per heavy atom. The third kappa shape index (κ3) is 30.5. The molecular formula is C63H129F7N7O19PS7. The summed E-state index contributed by atoms with van der Waals surface area (Å²) in [6.07, 6.45) is -1.06. The fourth-order valence-corrected chi connectivity index (χ4v) is 23.1. The number of hydrogen-bond acceptors (Lipinski definition) is 18. The van der Waals surface area contributed by atoms with Gasteiger partial charge in [-0.1, -0.05) is 273 Å². The molecule has 0 aromatic heterocycles. The molecule has 26 nitrogen and oxygen atoms in total. The smallest absolute Gasteiger partial charge is 0.402 e. The van der Waals surface area contributed by atoms with Crippen molar-refractivity contribution in [1.29, 1.82) is 0 Å². The average Bonchev–Trinajstić information content (AvgIpc) is 0.643. The van der Waals surface area contributed by atoms with E-state index in [9.17, 15) is 14.4 Å². The van der Waals surface area contributed by atoms with E-state index in [2.05, 4.69) is 4.52 Å². The van der Waals surface area contributed by atoms with E-state index in [4.69, 9.17) is 4.74 Å². The quantitative estimate of drug-likeness (QED) is 0.0194. The van der Waals surface area contributed by atoms with Gasteiger partial charge < -0.3 is 19.0 Å². The van der Waals surface area contributed by atoms with Crippen LogP contribution in [0.3, 0.4) is 0 Å². The van der Waals surface area contributed by atoms with Crippen molar-refractivity contribution < 1.29 is 118 Å². The summed E-state index contributed by atoms with van der Waals surface area (Å²) in [5.41, 5.74) is -7.58. The van der Waals surface area contributed by atoms with E-state index in [-0.39, 0.29) is 96.8 Å². The van der Waals surface area contributed by atoms with E-state index >= 15 is 90.3 Å². The normalized spacial score (nSPS) is 15.5. The first-order valence-corrected chi connectivity index (χ1v) is 50.6. The van der Waals surface area contributed by atoms with Crippen LogP contribution >= 0.6 is 7.82 Å². The maximum atomic E-state index is 21.1. The summed E-state index contributed by atoms with van der Waals surface area (Å²) in [6, 6.07) is 0. The molecule has 0 spiro atoms. The van der Waals surface area contributed by atoms with Gasteiger partial charge in [0.15, 0.2) is 0 Å². The predicted molar refractivity (Wildman–Crippen MR) is 390 cm³/mol. The largest absolute Gasteiger partial charge is 0.756 e. The maximum absolute atomic E-state index is 21.1. The zero-order valence-corrected chi connectivity index (χ0v) is 69.8. The van der Waals surface area contributed by atoms with Crippen molar-refractivity contribution in [2.75, 3.05) is 60.0 Å². The van der Waals surface area contributed by atoms with Gasteiger partial charge >= 0.3 is 27.3 Å². The first-order valence-electron chi connectivity index (χ1n) is 37.9. The molecule has 0 rings (SSSR count). The molecule has 0 aromatic carbocycles. The minimum Gasteiger partial charge on any atom is -0.756 e. The number of ether oxygens (including phenoxy) is 1. The van der Waals surface area contributed by atoms with Crippen LogP contribution < -0.4 is 4.89 Å². The lowest BCUT2D eigenvalue weighted by Gasteiger charge is -2.60. The third-order valence-corrected chi connectivity index (χ3v) is 30.1. The molecule has 3 atom stereocenters. The van der Waals surface area contributed by atoms with Crippen LogP contribution in [0.5, 0.6) is 0 Å². The summed E-state index contributed by atoms with van der Waals surface area (Å²) in [5, 5.41) is 0. The van der Waals surface area contributed by atoms with E-state index in [1.807, 2.05) is 0 Å². The van der Waals surface area contributed by atoms with E-state index in [1.165, 1.54) is 0 Å². The van der Waals surface area contributed by atoms with Crippen LogP contribution in [-0.2, 0) is 84.0 Å². The van der Waals surface area contributed by atoms with Gasteiger partial charge in [-0.15, -0.1) is 26.9 Å². The van der Waals surface area contributed by atoms with Crippen molar-refractivity contribution in [2.24, 2.45) is 0 Å². The minimum atomic E-state index is -7.58. The minimum absolute atomic E-state index is 0.00357. The molecule has 0 aromatic rings. The van der Waals surface area contributed by atoms with Crippen LogP contribution in [0, 0.1) is 0 Å². The van der Waals surface area contributed by atoms with Gasteiger partial charge in [0.1, 0.15) is 12.3 Å². The fourth-order valence-electron chi connectivity index (χ4n) is 12.2. The average molecular weight is 1680 g/mol. The highest BCUT2D eigenvalue weighted by Crippen LogP contribution is 2.61. The van der Waals surface area contributed by atoms with Crippen LogP contribution in [0.2, 0.25) is 0 Å². The summed E-state index contributed by atoms with van der Waals surface area (Å²) >= 11 is 0. The Labute approximate surface area is 621 Å². The Morgan fingerprint density at radius 2 is 0.529 bits per heavy atom. The van der Waals surface area contributed by atoms with E-state index in [0.29, 0.717) is 103 Å². The number of likely N-dealkylation sites (N-methyl/N-ethyl adjacent to an activating group) is 1. The molecular weight excluding hydrogens is 1550 g/mol. The molecule has 0 heterocycles. The molecule has 0 saturated carbocycles. The Balaban J connectivity index is 12.3. The molecule has 0 bridgehead atoms. The van der Waals surface area contributed by atoms with Gasteiger partial charge in [-0.3, -0.25) is 4.57 Å². The van der Waals surface area contributed by atoms with Crippen molar-refractivity contribution in [1.82, 2.24) is 27.2 Å². The van der Waals surface area contributed by atoms with Crippen LogP contribution in [0.25, 0.3) is 0 Å². The summed E-state index contributed by atoms with van der Waals surface area (Å²) in [4.78, 5) is 22.4. The number of sulfonamides is 7. The zero-order chi connectivity index (χ0) is 79.6.